The number of hydrogen-bond donors (Lipinski definition) is 0. The Morgan fingerprint density at radius 1 is 0.263 bits per heavy atom. The molecule has 2 aromatic heterocycles. The van der Waals surface area contributed by atoms with E-state index in [2.05, 4.69) is 140 Å². The summed E-state index contributed by atoms with van der Waals surface area (Å²) >= 11 is 0. The number of para-hydroxylation sites is 2. The lowest BCUT2D eigenvalue weighted by atomic mass is 9.90. The van der Waals surface area contributed by atoms with Gasteiger partial charge in [0.1, 0.15) is 11.2 Å². The van der Waals surface area contributed by atoms with E-state index >= 15 is 0 Å². The van der Waals surface area contributed by atoms with Crippen molar-refractivity contribution in [2.45, 2.75) is 0 Å². The van der Waals surface area contributed by atoms with E-state index < -0.39 is 0 Å². The van der Waals surface area contributed by atoms with Gasteiger partial charge in [-0.3, -0.25) is 0 Å². The summed E-state index contributed by atoms with van der Waals surface area (Å²) in [6.07, 6.45) is 0. The Bertz CT molecular complexity index is 3300. The third-order valence-electron chi connectivity index (χ3n) is 11.0. The van der Waals surface area contributed by atoms with Crippen molar-refractivity contribution in [3.8, 4) is 67.5 Å². The molecule has 2 heterocycles. The first-order valence-corrected chi connectivity index (χ1v) is 19.2. The standard InChI is InChI=1S/C53H33N3O/c1-3-15-34(16-4-1)38-29-30-39(42-22-8-7-21-41(38)42)36-19-13-20-37(33-36)40-31-32-47(44-24-10-9-23-43(40)44)52-54-51(35-17-5-2-6-18-35)55-53(56-52)48-27-14-26-46-45-25-11-12-28-49(45)57-50(46)48/h1-33H. The normalized spacial score (nSPS) is 11.5. The van der Waals surface area contributed by atoms with Gasteiger partial charge >= 0.3 is 0 Å². The van der Waals surface area contributed by atoms with Crippen LogP contribution < -0.4 is 0 Å². The van der Waals surface area contributed by atoms with Gasteiger partial charge in [0.2, 0.25) is 0 Å². The predicted octanol–water partition coefficient (Wildman–Crippen LogP) is 14.1. The minimum atomic E-state index is 0.565. The van der Waals surface area contributed by atoms with Gasteiger partial charge in [0.25, 0.3) is 0 Å². The van der Waals surface area contributed by atoms with Crippen molar-refractivity contribution >= 4 is 43.5 Å². The molecule has 0 saturated carbocycles. The summed E-state index contributed by atoms with van der Waals surface area (Å²) in [7, 11) is 0. The zero-order valence-electron chi connectivity index (χ0n) is 30.8. The van der Waals surface area contributed by atoms with Gasteiger partial charge in [0.05, 0.1) is 5.56 Å². The molecule has 0 aliphatic rings. The van der Waals surface area contributed by atoms with Crippen molar-refractivity contribution in [1.29, 1.82) is 0 Å². The summed E-state index contributed by atoms with van der Waals surface area (Å²) in [5.41, 5.74) is 11.4. The van der Waals surface area contributed by atoms with Gasteiger partial charge in [-0.2, -0.15) is 0 Å². The van der Waals surface area contributed by atoms with Gasteiger partial charge in [0.15, 0.2) is 17.5 Å². The smallest absolute Gasteiger partial charge is 0.167 e. The molecule has 266 valence electrons. The number of nitrogens with zero attached hydrogens (tertiary/aromatic N) is 3. The number of rotatable bonds is 6. The monoisotopic (exact) mass is 727 g/mol. The molecule has 0 spiro atoms. The first kappa shape index (κ1) is 32.7. The van der Waals surface area contributed by atoms with Crippen LogP contribution in [0.1, 0.15) is 0 Å². The van der Waals surface area contributed by atoms with E-state index in [9.17, 15) is 0 Å². The second-order valence-corrected chi connectivity index (χ2v) is 14.3. The van der Waals surface area contributed by atoms with Crippen molar-refractivity contribution in [1.82, 2.24) is 15.0 Å². The number of aromatic nitrogens is 3. The Morgan fingerprint density at radius 3 is 1.32 bits per heavy atom. The summed E-state index contributed by atoms with van der Waals surface area (Å²) in [5.74, 6) is 1.78. The van der Waals surface area contributed by atoms with Crippen LogP contribution in [0.2, 0.25) is 0 Å². The molecule has 4 heteroatoms. The third kappa shape index (κ3) is 5.66. The van der Waals surface area contributed by atoms with Crippen LogP contribution >= 0.6 is 0 Å². The Balaban J connectivity index is 1.06. The quantitative estimate of drug-likeness (QED) is 0.171. The van der Waals surface area contributed by atoms with Crippen LogP contribution in [-0.4, -0.2) is 15.0 Å². The Hall–Kier alpha value is -7.69. The largest absolute Gasteiger partial charge is 0.455 e. The third-order valence-corrected chi connectivity index (χ3v) is 11.0. The van der Waals surface area contributed by atoms with Gasteiger partial charge in [0, 0.05) is 21.9 Å². The van der Waals surface area contributed by atoms with E-state index in [1.165, 1.54) is 33.0 Å². The highest BCUT2D eigenvalue weighted by atomic mass is 16.3. The first-order valence-electron chi connectivity index (χ1n) is 19.2. The lowest BCUT2D eigenvalue weighted by Crippen LogP contribution is -2.01. The molecule has 0 atom stereocenters. The van der Waals surface area contributed by atoms with Crippen molar-refractivity contribution in [3.63, 3.8) is 0 Å². The first-order chi connectivity index (χ1) is 28.3. The second kappa shape index (κ2) is 13.6. The molecule has 0 aliphatic carbocycles. The molecule has 57 heavy (non-hydrogen) atoms. The molecule has 0 N–H and O–H groups in total. The Kier molecular flexibility index (Phi) is 7.78. The maximum Gasteiger partial charge on any atom is 0.167 e. The van der Waals surface area contributed by atoms with E-state index in [4.69, 9.17) is 19.4 Å². The lowest BCUT2D eigenvalue weighted by molar-refractivity contribution is 0.669. The molecule has 0 fully saturated rings. The van der Waals surface area contributed by atoms with Crippen LogP contribution in [0, 0.1) is 0 Å². The number of benzene rings is 9. The molecule has 11 aromatic rings. The van der Waals surface area contributed by atoms with E-state index in [1.807, 2.05) is 60.7 Å². The molecule has 0 radical (unpaired) electrons. The zero-order chi connectivity index (χ0) is 37.7. The predicted molar refractivity (Wildman–Crippen MR) is 235 cm³/mol. The molecule has 0 bridgehead atoms. The van der Waals surface area contributed by atoms with Crippen LogP contribution in [0.15, 0.2) is 205 Å². The van der Waals surface area contributed by atoms with Crippen LogP contribution in [0.25, 0.3) is 111 Å². The maximum absolute atomic E-state index is 6.45. The van der Waals surface area contributed by atoms with Crippen LogP contribution in [-0.2, 0) is 0 Å². The van der Waals surface area contributed by atoms with Crippen molar-refractivity contribution in [2.24, 2.45) is 0 Å². The molecule has 9 aromatic carbocycles. The minimum absolute atomic E-state index is 0.565. The van der Waals surface area contributed by atoms with Crippen molar-refractivity contribution in [2.75, 3.05) is 0 Å². The zero-order valence-corrected chi connectivity index (χ0v) is 30.8. The minimum Gasteiger partial charge on any atom is -0.455 e. The Morgan fingerprint density at radius 2 is 0.684 bits per heavy atom. The molecule has 11 rings (SSSR count). The average Bonchev–Trinajstić information content (AvgIpc) is 3.68. The fraction of sp³-hybridized carbons (Fsp3) is 0. The highest BCUT2D eigenvalue weighted by Gasteiger charge is 2.20. The summed E-state index contributed by atoms with van der Waals surface area (Å²) < 4.78 is 6.45. The van der Waals surface area contributed by atoms with Crippen molar-refractivity contribution in [3.05, 3.63) is 200 Å². The van der Waals surface area contributed by atoms with Gasteiger partial charge in [-0.25, -0.2) is 15.0 Å². The van der Waals surface area contributed by atoms with Gasteiger partial charge in [-0.05, 0) is 79.2 Å². The molecular weight excluding hydrogens is 695 g/mol. The summed E-state index contributed by atoms with van der Waals surface area (Å²) in [6, 6.07) is 70.1. The van der Waals surface area contributed by atoms with E-state index in [0.717, 1.165) is 60.5 Å². The molecule has 0 unspecified atom stereocenters. The summed E-state index contributed by atoms with van der Waals surface area (Å²) in [6.45, 7) is 0. The molecule has 0 aliphatic heterocycles. The highest BCUT2D eigenvalue weighted by Crippen LogP contribution is 2.41. The molecular formula is C53H33N3O. The maximum atomic E-state index is 6.45. The average molecular weight is 728 g/mol. The van der Waals surface area contributed by atoms with Crippen LogP contribution in [0.3, 0.4) is 0 Å². The summed E-state index contributed by atoms with van der Waals surface area (Å²) in [5, 5.41) is 6.76. The van der Waals surface area contributed by atoms with E-state index in [-0.39, 0.29) is 0 Å². The Labute approximate surface area is 329 Å². The van der Waals surface area contributed by atoms with E-state index in [0.29, 0.717) is 17.5 Å². The van der Waals surface area contributed by atoms with Crippen LogP contribution in [0.4, 0.5) is 0 Å². The number of hydrogen-bond acceptors (Lipinski definition) is 4. The highest BCUT2D eigenvalue weighted by molar-refractivity contribution is 6.10. The van der Waals surface area contributed by atoms with E-state index in [1.54, 1.807) is 0 Å². The van der Waals surface area contributed by atoms with Crippen LogP contribution in [0.5, 0.6) is 0 Å². The summed E-state index contributed by atoms with van der Waals surface area (Å²) in [4.78, 5) is 15.4. The number of fused-ring (bicyclic) bond motifs is 5. The van der Waals surface area contributed by atoms with Gasteiger partial charge < -0.3 is 4.42 Å². The fourth-order valence-corrected chi connectivity index (χ4v) is 8.28. The SMILES string of the molecule is c1ccc(-c2nc(-c3ccc(-c4cccc(-c5ccc(-c6ccccc6)c6ccccc56)c4)c4ccccc34)nc(-c3cccc4c3oc3ccccc34)n2)cc1. The fourth-order valence-electron chi connectivity index (χ4n) is 8.28. The van der Waals surface area contributed by atoms with Crippen molar-refractivity contribution < 1.29 is 4.42 Å². The van der Waals surface area contributed by atoms with Gasteiger partial charge in [-0.1, -0.05) is 176 Å². The topological polar surface area (TPSA) is 51.8 Å². The second-order valence-electron chi connectivity index (χ2n) is 14.3. The molecule has 4 nitrogen and oxygen atoms in total. The number of furan rings is 1. The lowest BCUT2D eigenvalue weighted by Gasteiger charge is -2.15. The van der Waals surface area contributed by atoms with Gasteiger partial charge in [-0.15, -0.1) is 0 Å². The molecule has 0 saturated heterocycles. The molecule has 0 amide bonds.